The smallest absolute Gasteiger partial charge is 0.252 e. The predicted molar refractivity (Wildman–Crippen MR) is 118 cm³/mol. The number of nitrogens with zero attached hydrogens (tertiary/aromatic N) is 2. The van der Waals surface area contributed by atoms with Gasteiger partial charge in [-0.25, -0.2) is 4.98 Å². The minimum atomic E-state index is -0.241. The van der Waals surface area contributed by atoms with E-state index in [2.05, 4.69) is 20.6 Å². The highest BCUT2D eigenvalue weighted by Crippen LogP contribution is 2.26. The number of aliphatic imine (C=N–C) groups is 1. The molecule has 30 heavy (non-hydrogen) atoms. The highest BCUT2D eigenvalue weighted by molar-refractivity contribution is 5.99. The Bertz CT molecular complexity index is 978. The fourth-order valence-corrected chi connectivity index (χ4v) is 4.09. The zero-order valence-electron chi connectivity index (χ0n) is 17.0. The molecule has 1 aromatic carbocycles. The Hall–Kier alpha value is -3.28. The third-order valence-electron chi connectivity index (χ3n) is 5.79. The molecule has 2 N–H and O–H groups in total. The zero-order chi connectivity index (χ0) is 20.9. The average molecular weight is 402 g/mol. The quantitative estimate of drug-likeness (QED) is 0.796. The van der Waals surface area contributed by atoms with Gasteiger partial charge in [-0.05, 0) is 49.1 Å². The molecule has 1 aliphatic heterocycles. The standard InChI is InChI=1S/C24H26N4O2/c1-16-22(20(12-14-25-16)17-7-3-2-4-8-17)28-24(30)19-11-13-26-21(15-19)27-23(29)18-9-5-6-10-18/h2-4,7-8,11-16,18,22H,5-6,9-10H2,1H3,(H,28,30)(H,26,27,29). The van der Waals surface area contributed by atoms with E-state index in [4.69, 9.17) is 0 Å². The van der Waals surface area contributed by atoms with Crippen LogP contribution in [0.1, 0.15) is 48.5 Å². The van der Waals surface area contributed by atoms with Crippen LogP contribution in [0.4, 0.5) is 5.82 Å². The summed E-state index contributed by atoms with van der Waals surface area (Å²) in [7, 11) is 0. The molecule has 6 heteroatoms. The summed E-state index contributed by atoms with van der Waals surface area (Å²) in [5, 5.41) is 5.97. The van der Waals surface area contributed by atoms with E-state index in [0.29, 0.717) is 11.4 Å². The van der Waals surface area contributed by atoms with Gasteiger partial charge < -0.3 is 10.6 Å². The summed E-state index contributed by atoms with van der Waals surface area (Å²) >= 11 is 0. The van der Waals surface area contributed by atoms with Crippen molar-refractivity contribution in [2.24, 2.45) is 10.9 Å². The number of hydrogen-bond donors (Lipinski definition) is 2. The lowest BCUT2D eigenvalue weighted by molar-refractivity contribution is -0.119. The molecule has 2 atom stereocenters. The van der Waals surface area contributed by atoms with Gasteiger partial charge in [0.15, 0.2) is 0 Å². The first-order chi connectivity index (χ1) is 14.6. The van der Waals surface area contributed by atoms with E-state index in [9.17, 15) is 9.59 Å². The van der Waals surface area contributed by atoms with Crippen molar-refractivity contribution >= 4 is 29.4 Å². The van der Waals surface area contributed by atoms with Crippen molar-refractivity contribution in [1.82, 2.24) is 10.3 Å². The van der Waals surface area contributed by atoms with Gasteiger partial charge in [0.25, 0.3) is 5.91 Å². The van der Waals surface area contributed by atoms with Crippen LogP contribution in [0, 0.1) is 5.92 Å². The molecule has 2 amide bonds. The Morgan fingerprint density at radius 2 is 1.83 bits per heavy atom. The van der Waals surface area contributed by atoms with E-state index in [1.807, 2.05) is 43.3 Å². The van der Waals surface area contributed by atoms with Crippen LogP contribution in [0.5, 0.6) is 0 Å². The molecule has 2 unspecified atom stereocenters. The number of anilines is 1. The number of carbonyl (C=O) groups is 2. The number of benzene rings is 1. The Morgan fingerprint density at radius 3 is 2.60 bits per heavy atom. The normalized spacial score (nSPS) is 21.2. The number of pyridine rings is 1. The topological polar surface area (TPSA) is 83.4 Å². The number of aromatic nitrogens is 1. The number of rotatable bonds is 5. The Kier molecular flexibility index (Phi) is 6.02. The van der Waals surface area contributed by atoms with Gasteiger partial charge in [0, 0.05) is 23.9 Å². The molecule has 1 aromatic heterocycles. The van der Waals surface area contributed by atoms with E-state index in [1.54, 1.807) is 24.5 Å². The molecular weight excluding hydrogens is 376 g/mol. The van der Waals surface area contributed by atoms with Crippen LogP contribution in [0.25, 0.3) is 5.57 Å². The molecule has 1 saturated carbocycles. The van der Waals surface area contributed by atoms with Gasteiger partial charge in [0.1, 0.15) is 5.82 Å². The fourth-order valence-electron chi connectivity index (χ4n) is 4.09. The van der Waals surface area contributed by atoms with Crippen molar-refractivity contribution in [3.05, 3.63) is 65.9 Å². The fraction of sp³-hybridized carbons (Fsp3) is 0.333. The molecule has 1 aliphatic carbocycles. The van der Waals surface area contributed by atoms with Gasteiger partial charge in [-0.3, -0.25) is 14.6 Å². The van der Waals surface area contributed by atoms with Crippen LogP contribution in [0.3, 0.4) is 0 Å². The predicted octanol–water partition coefficient (Wildman–Crippen LogP) is 3.87. The maximum absolute atomic E-state index is 13.0. The van der Waals surface area contributed by atoms with Gasteiger partial charge in [-0.15, -0.1) is 0 Å². The van der Waals surface area contributed by atoms with E-state index in [1.165, 1.54) is 0 Å². The third-order valence-corrected chi connectivity index (χ3v) is 5.79. The van der Waals surface area contributed by atoms with Gasteiger partial charge >= 0.3 is 0 Å². The molecule has 154 valence electrons. The molecule has 0 bridgehead atoms. The number of amides is 2. The minimum absolute atomic E-state index is 0.0119. The van der Waals surface area contributed by atoms with Gasteiger partial charge in [0.05, 0.1) is 12.1 Å². The largest absolute Gasteiger partial charge is 0.343 e. The van der Waals surface area contributed by atoms with Crippen LogP contribution in [-0.2, 0) is 4.79 Å². The first-order valence-electron chi connectivity index (χ1n) is 10.5. The summed E-state index contributed by atoms with van der Waals surface area (Å²) in [6.45, 7) is 1.98. The summed E-state index contributed by atoms with van der Waals surface area (Å²) in [5.74, 6) is 0.225. The van der Waals surface area contributed by atoms with Crippen LogP contribution in [0.2, 0.25) is 0 Å². The van der Waals surface area contributed by atoms with E-state index >= 15 is 0 Å². The molecule has 4 rings (SSSR count). The molecular formula is C24H26N4O2. The number of dihydropyridines is 1. The van der Waals surface area contributed by atoms with Crippen molar-refractivity contribution in [3.8, 4) is 0 Å². The van der Waals surface area contributed by atoms with E-state index < -0.39 is 0 Å². The maximum Gasteiger partial charge on any atom is 0.252 e. The number of allylic oxidation sites excluding steroid dienone is 1. The van der Waals surface area contributed by atoms with E-state index in [-0.39, 0.29) is 29.8 Å². The summed E-state index contributed by atoms with van der Waals surface area (Å²) in [6.07, 6.45) is 9.30. The summed E-state index contributed by atoms with van der Waals surface area (Å²) in [6, 6.07) is 12.9. The second kappa shape index (κ2) is 9.03. The molecule has 2 aromatic rings. The van der Waals surface area contributed by atoms with Crippen LogP contribution in [-0.4, -0.2) is 35.1 Å². The van der Waals surface area contributed by atoms with Crippen molar-refractivity contribution < 1.29 is 9.59 Å². The second-order valence-electron chi connectivity index (χ2n) is 7.88. The average Bonchev–Trinajstić information content (AvgIpc) is 3.31. The van der Waals surface area contributed by atoms with Crippen molar-refractivity contribution in [2.45, 2.75) is 44.7 Å². The molecule has 0 spiro atoms. The Morgan fingerprint density at radius 1 is 1.07 bits per heavy atom. The molecule has 2 aliphatic rings. The maximum atomic E-state index is 13.0. The first kappa shape index (κ1) is 20.0. The highest BCUT2D eigenvalue weighted by atomic mass is 16.2. The molecule has 1 fully saturated rings. The molecule has 6 nitrogen and oxygen atoms in total. The van der Waals surface area contributed by atoms with Crippen LogP contribution >= 0.6 is 0 Å². The Balaban J connectivity index is 1.48. The summed E-state index contributed by atoms with van der Waals surface area (Å²) in [5.41, 5.74) is 2.54. The number of nitrogens with one attached hydrogen (secondary N) is 2. The first-order valence-corrected chi connectivity index (χ1v) is 10.5. The lowest BCUT2D eigenvalue weighted by Gasteiger charge is -2.28. The molecule has 2 heterocycles. The van der Waals surface area contributed by atoms with Crippen molar-refractivity contribution in [1.29, 1.82) is 0 Å². The lowest BCUT2D eigenvalue weighted by atomic mass is 9.92. The summed E-state index contributed by atoms with van der Waals surface area (Å²) in [4.78, 5) is 34.0. The number of carbonyl (C=O) groups excluding carboxylic acids is 2. The zero-order valence-corrected chi connectivity index (χ0v) is 17.0. The molecule has 0 saturated heterocycles. The second-order valence-corrected chi connectivity index (χ2v) is 7.88. The lowest BCUT2D eigenvalue weighted by Crippen LogP contribution is -2.43. The summed E-state index contributed by atoms with van der Waals surface area (Å²) < 4.78 is 0. The highest BCUT2D eigenvalue weighted by Gasteiger charge is 2.27. The third kappa shape index (κ3) is 4.48. The van der Waals surface area contributed by atoms with Crippen molar-refractivity contribution in [3.63, 3.8) is 0 Å². The molecule has 0 radical (unpaired) electrons. The van der Waals surface area contributed by atoms with Crippen LogP contribution < -0.4 is 10.6 Å². The van der Waals surface area contributed by atoms with Gasteiger partial charge in [-0.1, -0.05) is 43.2 Å². The SMILES string of the molecule is CC1N=CC=C(c2ccccc2)C1NC(=O)c1ccnc(NC(=O)C2CCCC2)c1. The Labute approximate surface area is 176 Å². The van der Waals surface area contributed by atoms with Crippen LogP contribution in [0.15, 0.2) is 59.7 Å². The number of hydrogen-bond acceptors (Lipinski definition) is 4. The minimum Gasteiger partial charge on any atom is -0.343 e. The van der Waals surface area contributed by atoms with Gasteiger partial charge in [0.2, 0.25) is 5.91 Å². The van der Waals surface area contributed by atoms with Crippen molar-refractivity contribution in [2.75, 3.05) is 5.32 Å². The van der Waals surface area contributed by atoms with Gasteiger partial charge in [-0.2, -0.15) is 0 Å². The van der Waals surface area contributed by atoms with E-state index in [0.717, 1.165) is 36.8 Å². The monoisotopic (exact) mass is 402 g/mol.